The van der Waals surface area contributed by atoms with E-state index in [4.69, 9.17) is 4.99 Å². The summed E-state index contributed by atoms with van der Waals surface area (Å²) in [7, 11) is 0. The van der Waals surface area contributed by atoms with E-state index in [-0.39, 0.29) is 11.9 Å². The number of rotatable bonds is 4. The predicted octanol–water partition coefficient (Wildman–Crippen LogP) is 6.17. The molecular formula is C24H22N2OS. The molecule has 0 bridgehead atoms. The zero-order chi connectivity index (χ0) is 19.5. The minimum atomic E-state index is -0.0841. The number of carbonyl (C=O) groups excluding carboxylic acids is 1. The lowest BCUT2D eigenvalue weighted by molar-refractivity contribution is 0.0940. The quantitative estimate of drug-likeness (QED) is 0.582. The van der Waals surface area contributed by atoms with Gasteiger partial charge in [0.2, 0.25) is 0 Å². The lowest BCUT2D eigenvalue weighted by atomic mass is 10.1. The van der Waals surface area contributed by atoms with Gasteiger partial charge in [-0.25, -0.2) is 0 Å². The molecule has 1 heterocycles. The number of aliphatic imine (C=N–C) groups is 1. The van der Waals surface area contributed by atoms with Crippen molar-refractivity contribution in [1.29, 1.82) is 0 Å². The van der Waals surface area contributed by atoms with Crippen LogP contribution in [0.3, 0.4) is 0 Å². The first-order chi connectivity index (χ1) is 13.7. The van der Waals surface area contributed by atoms with Crippen molar-refractivity contribution in [3.63, 3.8) is 0 Å². The van der Waals surface area contributed by atoms with Crippen LogP contribution in [0.4, 0.5) is 5.69 Å². The third-order valence-corrected chi connectivity index (χ3v) is 6.02. The fourth-order valence-corrected chi connectivity index (χ4v) is 4.35. The average Bonchev–Trinajstić information content (AvgIpc) is 2.90. The highest BCUT2D eigenvalue weighted by Crippen LogP contribution is 2.41. The van der Waals surface area contributed by atoms with Crippen molar-refractivity contribution in [1.82, 2.24) is 5.32 Å². The molecular weight excluding hydrogens is 364 g/mol. The van der Waals surface area contributed by atoms with E-state index in [2.05, 4.69) is 30.4 Å². The van der Waals surface area contributed by atoms with E-state index >= 15 is 0 Å². The molecule has 0 aromatic heterocycles. The van der Waals surface area contributed by atoms with E-state index in [0.717, 1.165) is 28.3 Å². The molecule has 1 atom stereocenters. The molecule has 1 amide bonds. The van der Waals surface area contributed by atoms with Crippen molar-refractivity contribution in [2.75, 3.05) is 0 Å². The van der Waals surface area contributed by atoms with Crippen LogP contribution in [0.25, 0.3) is 0 Å². The Balaban J connectivity index is 1.63. The monoisotopic (exact) mass is 386 g/mol. The zero-order valence-corrected chi connectivity index (χ0v) is 16.8. The molecule has 1 aliphatic rings. The average molecular weight is 387 g/mol. The Hall–Kier alpha value is -2.85. The number of hydrogen-bond acceptors (Lipinski definition) is 3. The third-order valence-electron chi connectivity index (χ3n) is 4.88. The van der Waals surface area contributed by atoms with Gasteiger partial charge in [-0.1, -0.05) is 67.2 Å². The van der Waals surface area contributed by atoms with Crippen LogP contribution in [0.1, 0.15) is 47.8 Å². The number of fused-ring (bicyclic) bond motifs is 2. The van der Waals surface area contributed by atoms with Crippen LogP contribution < -0.4 is 5.32 Å². The number of benzene rings is 3. The van der Waals surface area contributed by atoms with E-state index in [1.807, 2.05) is 61.5 Å². The maximum absolute atomic E-state index is 12.8. The maximum atomic E-state index is 12.8. The summed E-state index contributed by atoms with van der Waals surface area (Å²) in [6.45, 7) is 4.11. The molecule has 1 N–H and O–H groups in total. The molecule has 4 heteroatoms. The molecule has 140 valence electrons. The highest BCUT2D eigenvalue weighted by molar-refractivity contribution is 7.99. The van der Waals surface area contributed by atoms with Crippen LogP contribution in [0.2, 0.25) is 0 Å². The van der Waals surface area contributed by atoms with Gasteiger partial charge >= 0.3 is 0 Å². The van der Waals surface area contributed by atoms with Gasteiger partial charge in [0.1, 0.15) is 0 Å². The molecule has 0 fully saturated rings. The first kappa shape index (κ1) is 18.5. The van der Waals surface area contributed by atoms with Gasteiger partial charge in [0, 0.05) is 26.6 Å². The van der Waals surface area contributed by atoms with Crippen molar-refractivity contribution in [3.05, 3.63) is 89.5 Å². The van der Waals surface area contributed by atoms with Crippen LogP contribution in [0.5, 0.6) is 0 Å². The van der Waals surface area contributed by atoms with Crippen LogP contribution in [0.15, 0.2) is 87.6 Å². The van der Waals surface area contributed by atoms with E-state index in [0.29, 0.717) is 5.56 Å². The smallest absolute Gasteiger partial charge is 0.251 e. The lowest BCUT2D eigenvalue weighted by Gasteiger charge is -2.15. The Bertz CT molecular complexity index is 1040. The zero-order valence-electron chi connectivity index (χ0n) is 16.0. The standard InChI is InChI=1S/C24H22N2OS/c1-3-20-19-11-7-8-12-22(19)28-23-14-13-18(15-21(23)26-20)24(27)25-16(2)17-9-5-4-6-10-17/h4-16H,3H2,1-2H3,(H,25,27)/t16-/m1/s1. The lowest BCUT2D eigenvalue weighted by Crippen LogP contribution is -2.26. The highest BCUT2D eigenvalue weighted by atomic mass is 32.2. The number of amides is 1. The van der Waals surface area contributed by atoms with Crippen molar-refractivity contribution >= 4 is 29.1 Å². The van der Waals surface area contributed by atoms with Gasteiger partial charge in [-0.2, -0.15) is 0 Å². The van der Waals surface area contributed by atoms with E-state index in [1.165, 1.54) is 10.5 Å². The molecule has 0 radical (unpaired) electrons. The molecule has 0 saturated carbocycles. The predicted molar refractivity (Wildman–Crippen MR) is 116 cm³/mol. The Kier molecular flexibility index (Phi) is 5.31. The largest absolute Gasteiger partial charge is 0.346 e. The van der Waals surface area contributed by atoms with Crippen molar-refractivity contribution < 1.29 is 4.79 Å². The summed E-state index contributed by atoms with van der Waals surface area (Å²) in [5.41, 5.74) is 4.81. The van der Waals surface area contributed by atoms with Crippen LogP contribution in [-0.2, 0) is 0 Å². The van der Waals surface area contributed by atoms with Gasteiger partial charge in [-0.05, 0) is 43.2 Å². The summed E-state index contributed by atoms with van der Waals surface area (Å²) < 4.78 is 0. The summed E-state index contributed by atoms with van der Waals surface area (Å²) >= 11 is 1.71. The van der Waals surface area contributed by atoms with E-state index in [9.17, 15) is 4.79 Å². The minimum Gasteiger partial charge on any atom is -0.346 e. The van der Waals surface area contributed by atoms with E-state index < -0.39 is 0 Å². The van der Waals surface area contributed by atoms with Crippen molar-refractivity contribution in [3.8, 4) is 0 Å². The van der Waals surface area contributed by atoms with Gasteiger partial charge in [0.05, 0.1) is 11.7 Å². The van der Waals surface area contributed by atoms with Gasteiger partial charge in [-0.15, -0.1) is 0 Å². The fourth-order valence-electron chi connectivity index (χ4n) is 3.32. The van der Waals surface area contributed by atoms with Crippen molar-refractivity contribution in [2.24, 2.45) is 4.99 Å². The van der Waals surface area contributed by atoms with Crippen molar-refractivity contribution in [2.45, 2.75) is 36.1 Å². The first-order valence-electron chi connectivity index (χ1n) is 9.50. The summed E-state index contributed by atoms with van der Waals surface area (Å²) in [4.78, 5) is 20.0. The van der Waals surface area contributed by atoms with Gasteiger partial charge < -0.3 is 5.32 Å². The second kappa shape index (κ2) is 8.03. The normalized spacial score (nSPS) is 13.6. The highest BCUT2D eigenvalue weighted by Gasteiger charge is 2.18. The molecule has 28 heavy (non-hydrogen) atoms. The molecule has 0 unspecified atom stereocenters. The summed E-state index contributed by atoms with van der Waals surface area (Å²) in [5.74, 6) is -0.0841. The molecule has 0 aliphatic carbocycles. The minimum absolute atomic E-state index is 0.0548. The summed E-state index contributed by atoms with van der Waals surface area (Å²) in [6, 6.07) is 24.1. The number of nitrogens with zero attached hydrogens (tertiary/aromatic N) is 1. The SMILES string of the molecule is CCC1=Nc2cc(C(=O)N[C@H](C)c3ccccc3)ccc2Sc2ccccc21. The Labute approximate surface area is 169 Å². The topological polar surface area (TPSA) is 41.5 Å². The molecule has 4 rings (SSSR count). The van der Waals surface area contributed by atoms with Gasteiger partial charge in [0.15, 0.2) is 0 Å². The van der Waals surface area contributed by atoms with Crippen LogP contribution in [0, 0.1) is 0 Å². The molecule has 3 aromatic carbocycles. The summed E-state index contributed by atoms with van der Waals surface area (Å²) in [5, 5.41) is 3.08. The second-order valence-corrected chi connectivity index (χ2v) is 7.88. The summed E-state index contributed by atoms with van der Waals surface area (Å²) in [6.07, 6.45) is 0.846. The van der Waals surface area contributed by atoms with Gasteiger partial charge in [-0.3, -0.25) is 9.79 Å². The molecule has 0 saturated heterocycles. The number of carbonyl (C=O) groups is 1. The molecule has 0 spiro atoms. The first-order valence-corrected chi connectivity index (χ1v) is 10.3. The Morgan fingerprint density at radius 2 is 1.75 bits per heavy atom. The number of nitrogens with one attached hydrogen (secondary N) is 1. The molecule has 1 aliphatic heterocycles. The number of hydrogen-bond donors (Lipinski definition) is 1. The molecule has 3 nitrogen and oxygen atoms in total. The molecule has 3 aromatic rings. The maximum Gasteiger partial charge on any atom is 0.251 e. The van der Waals surface area contributed by atoms with Crippen LogP contribution in [-0.4, -0.2) is 11.6 Å². The Morgan fingerprint density at radius 1 is 1.00 bits per heavy atom. The second-order valence-electron chi connectivity index (χ2n) is 6.80. The third kappa shape index (κ3) is 3.73. The van der Waals surface area contributed by atoms with E-state index in [1.54, 1.807) is 11.8 Å². The Morgan fingerprint density at radius 3 is 2.54 bits per heavy atom. The van der Waals surface area contributed by atoms with Crippen LogP contribution >= 0.6 is 11.8 Å². The van der Waals surface area contributed by atoms with Gasteiger partial charge in [0.25, 0.3) is 5.91 Å². The fraction of sp³-hybridized carbons (Fsp3) is 0.167.